The molecule has 1 atom stereocenters. The molecule has 1 aliphatic rings. The number of halogens is 2. The lowest BCUT2D eigenvalue weighted by atomic mass is 9.92. The normalized spacial score (nSPS) is 16.1. The molecule has 1 heterocycles. The summed E-state index contributed by atoms with van der Waals surface area (Å²) in [7, 11) is 1.28. The molecule has 1 aliphatic heterocycles. The number of rotatable bonds is 4. The molecule has 2 rings (SSSR count). The first-order valence-corrected chi connectivity index (χ1v) is 7.42. The van der Waals surface area contributed by atoms with Crippen molar-refractivity contribution in [1.82, 2.24) is 0 Å². The number of nitrogens with one attached hydrogen (secondary N) is 1. The minimum Gasteiger partial charge on any atom is -0.465 e. The van der Waals surface area contributed by atoms with Crippen molar-refractivity contribution in [3.8, 4) is 0 Å². The smallest absolute Gasteiger partial charge is 0.339 e. The van der Waals surface area contributed by atoms with Gasteiger partial charge in [-0.2, -0.15) is 0 Å². The van der Waals surface area contributed by atoms with Crippen molar-refractivity contribution in [3.63, 3.8) is 0 Å². The summed E-state index contributed by atoms with van der Waals surface area (Å²) in [5.41, 5.74) is 6.74. The number of methoxy groups -OCH3 is 1. The van der Waals surface area contributed by atoms with Gasteiger partial charge < -0.3 is 20.5 Å². The van der Waals surface area contributed by atoms with E-state index in [0.29, 0.717) is 18.9 Å². The van der Waals surface area contributed by atoms with Gasteiger partial charge in [-0.25, -0.2) is 4.79 Å². The van der Waals surface area contributed by atoms with Crippen molar-refractivity contribution in [2.24, 2.45) is 11.7 Å². The van der Waals surface area contributed by atoms with Crippen molar-refractivity contribution >= 4 is 41.6 Å². The lowest BCUT2D eigenvalue weighted by Gasteiger charge is -2.26. The van der Waals surface area contributed by atoms with Gasteiger partial charge in [0.1, 0.15) is 0 Å². The predicted octanol–water partition coefficient (Wildman–Crippen LogP) is 2.24. The van der Waals surface area contributed by atoms with E-state index in [1.165, 1.54) is 19.2 Å². The molecule has 1 aromatic carbocycles. The standard InChI is InChI=1S/C15H19ClN2O4.ClH/c1-21-15(20)11-3-2-10(8-12(11)16)18-14(19)13(17)9-4-6-22-7-5-9;/h2-3,8-9,13H,4-7,17H2,1H3,(H,18,19);1H. The van der Waals surface area contributed by atoms with Crippen LogP contribution in [-0.2, 0) is 14.3 Å². The molecule has 0 aromatic heterocycles. The predicted molar refractivity (Wildman–Crippen MR) is 90.2 cm³/mol. The van der Waals surface area contributed by atoms with Crippen molar-refractivity contribution in [3.05, 3.63) is 28.8 Å². The highest BCUT2D eigenvalue weighted by atomic mass is 35.5. The number of esters is 1. The van der Waals surface area contributed by atoms with Gasteiger partial charge in [0, 0.05) is 18.9 Å². The molecule has 1 fully saturated rings. The van der Waals surface area contributed by atoms with Crippen molar-refractivity contribution in [1.29, 1.82) is 0 Å². The Morgan fingerprint density at radius 3 is 2.61 bits per heavy atom. The van der Waals surface area contributed by atoms with Crippen LogP contribution in [0, 0.1) is 5.92 Å². The molecule has 1 aromatic rings. The first-order valence-electron chi connectivity index (χ1n) is 7.05. The van der Waals surface area contributed by atoms with Crippen molar-refractivity contribution in [2.45, 2.75) is 18.9 Å². The van der Waals surface area contributed by atoms with E-state index >= 15 is 0 Å². The Bertz CT molecular complexity index is 562. The van der Waals surface area contributed by atoms with E-state index < -0.39 is 12.0 Å². The third-order valence-corrected chi connectivity index (χ3v) is 4.03. The van der Waals surface area contributed by atoms with Crippen LogP contribution < -0.4 is 11.1 Å². The summed E-state index contributed by atoms with van der Waals surface area (Å²) in [5, 5.41) is 2.93. The number of amides is 1. The largest absolute Gasteiger partial charge is 0.465 e. The van der Waals surface area contributed by atoms with E-state index in [9.17, 15) is 9.59 Å². The zero-order valence-corrected chi connectivity index (χ0v) is 14.3. The highest BCUT2D eigenvalue weighted by molar-refractivity contribution is 6.34. The maximum Gasteiger partial charge on any atom is 0.339 e. The summed E-state index contributed by atoms with van der Waals surface area (Å²) in [6, 6.07) is 4.00. The zero-order valence-electron chi connectivity index (χ0n) is 12.7. The van der Waals surface area contributed by atoms with Crippen LogP contribution in [0.3, 0.4) is 0 Å². The van der Waals surface area contributed by atoms with Gasteiger partial charge in [-0.3, -0.25) is 4.79 Å². The molecule has 0 spiro atoms. The highest BCUT2D eigenvalue weighted by Gasteiger charge is 2.26. The highest BCUT2D eigenvalue weighted by Crippen LogP contribution is 2.23. The number of carbonyl (C=O) groups is 2. The summed E-state index contributed by atoms with van der Waals surface area (Å²) >= 11 is 6.01. The fraction of sp³-hybridized carbons (Fsp3) is 0.467. The first-order chi connectivity index (χ1) is 10.5. The molecule has 128 valence electrons. The van der Waals surface area contributed by atoms with Crippen molar-refractivity contribution in [2.75, 3.05) is 25.6 Å². The SMILES string of the molecule is COC(=O)c1ccc(NC(=O)C(N)C2CCOCC2)cc1Cl.Cl. The number of hydrogen-bond donors (Lipinski definition) is 2. The number of ether oxygens (including phenoxy) is 2. The number of carbonyl (C=O) groups excluding carboxylic acids is 2. The maximum atomic E-state index is 12.2. The van der Waals surface area contributed by atoms with Crippen LogP contribution in [0.25, 0.3) is 0 Å². The van der Waals surface area contributed by atoms with Crippen LogP contribution in [0.4, 0.5) is 5.69 Å². The first kappa shape index (κ1) is 19.7. The Morgan fingerprint density at radius 1 is 1.39 bits per heavy atom. The molecule has 3 N–H and O–H groups in total. The van der Waals surface area contributed by atoms with E-state index in [0.717, 1.165) is 12.8 Å². The lowest BCUT2D eigenvalue weighted by molar-refractivity contribution is -0.119. The third kappa shape index (κ3) is 5.07. The van der Waals surface area contributed by atoms with Gasteiger partial charge >= 0.3 is 5.97 Å². The van der Waals surface area contributed by atoms with E-state index in [1.54, 1.807) is 6.07 Å². The molecule has 23 heavy (non-hydrogen) atoms. The molecule has 1 saturated heterocycles. The number of benzene rings is 1. The molecule has 0 saturated carbocycles. The molecule has 0 radical (unpaired) electrons. The Balaban J connectivity index is 0.00000264. The quantitative estimate of drug-likeness (QED) is 0.801. The topological polar surface area (TPSA) is 90.7 Å². The Morgan fingerprint density at radius 2 is 2.04 bits per heavy atom. The maximum absolute atomic E-state index is 12.2. The second kappa shape index (κ2) is 9.08. The van der Waals surface area contributed by atoms with Crippen LogP contribution in [0.15, 0.2) is 18.2 Å². The summed E-state index contributed by atoms with van der Waals surface area (Å²) in [6.45, 7) is 1.26. The van der Waals surface area contributed by atoms with Gasteiger partial charge in [0.25, 0.3) is 0 Å². The second-order valence-electron chi connectivity index (χ2n) is 5.15. The molecule has 0 bridgehead atoms. The third-order valence-electron chi connectivity index (χ3n) is 3.72. The molecule has 1 amide bonds. The Labute approximate surface area is 146 Å². The van der Waals surface area contributed by atoms with Gasteiger partial charge in [0.05, 0.1) is 23.7 Å². The average molecular weight is 363 g/mol. The summed E-state index contributed by atoms with van der Waals surface area (Å²) in [4.78, 5) is 23.6. The van der Waals surface area contributed by atoms with E-state index in [1.807, 2.05) is 0 Å². The van der Waals surface area contributed by atoms with Gasteiger partial charge in [0.15, 0.2) is 0 Å². The number of hydrogen-bond acceptors (Lipinski definition) is 5. The summed E-state index contributed by atoms with van der Waals surface area (Å²) in [5.74, 6) is -0.686. The van der Waals surface area contributed by atoms with Gasteiger partial charge in [0.2, 0.25) is 5.91 Å². The van der Waals surface area contributed by atoms with Crippen LogP contribution in [0.1, 0.15) is 23.2 Å². The van der Waals surface area contributed by atoms with Crippen LogP contribution in [0.5, 0.6) is 0 Å². The van der Waals surface area contributed by atoms with E-state index in [-0.39, 0.29) is 34.8 Å². The lowest BCUT2D eigenvalue weighted by Crippen LogP contribution is -2.44. The fourth-order valence-electron chi connectivity index (χ4n) is 2.38. The molecule has 8 heteroatoms. The number of nitrogens with two attached hydrogens (primary N) is 1. The molecular formula is C15H20Cl2N2O4. The van der Waals surface area contributed by atoms with Crippen LogP contribution in [-0.4, -0.2) is 38.2 Å². The van der Waals surface area contributed by atoms with Gasteiger partial charge in [-0.15, -0.1) is 12.4 Å². The van der Waals surface area contributed by atoms with E-state index in [2.05, 4.69) is 10.1 Å². The van der Waals surface area contributed by atoms with Crippen LogP contribution >= 0.6 is 24.0 Å². The monoisotopic (exact) mass is 362 g/mol. The second-order valence-corrected chi connectivity index (χ2v) is 5.56. The zero-order chi connectivity index (χ0) is 16.1. The van der Waals surface area contributed by atoms with Gasteiger partial charge in [-0.1, -0.05) is 11.6 Å². The number of anilines is 1. The van der Waals surface area contributed by atoms with Gasteiger partial charge in [-0.05, 0) is 37.0 Å². The average Bonchev–Trinajstić information content (AvgIpc) is 2.54. The summed E-state index contributed by atoms with van der Waals surface area (Å²) < 4.78 is 9.87. The minimum atomic E-state index is -0.594. The van der Waals surface area contributed by atoms with Crippen LogP contribution in [0.2, 0.25) is 5.02 Å². The summed E-state index contributed by atoms with van der Waals surface area (Å²) in [6.07, 6.45) is 1.55. The van der Waals surface area contributed by atoms with E-state index in [4.69, 9.17) is 22.1 Å². The molecule has 6 nitrogen and oxygen atoms in total. The molecule has 0 aliphatic carbocycles. The fourth-order valence-corrected chi connectivity index (χ4v) is 2.64. The minimum absolute atomic E-state index is 0. The Hall–Kier alpha value is -1.34. The Kier molecular flexibility index (Phi) is 7.78. The van der Waals surface area contributed by atoms with Crippen molar-refractivity contribution < 1.29 is 19.1 Å². The molecule has 1 unspecified atom stereocenters. The molecular weight excluding hydrogens is 343 g/mol.